The Bertz CT molecular complexity index is 3060. The number of nitrogen functional groups attached to an aromatic ring is 4. The van der Waals surface area contributed by atoms with Crippen LogP contribution in [0.15, 0.2) is 67.3 Å². The molecule has 8 aromatic rings. The Morgan fingerprint density at radius 2 is 1.05 bits per heavy atom. The van der Waals surface area contributed by atoms with Gasteiger partial charge in [0.2, 0.25) is 11.9 Å². The van der Waals surface area contributed by atoms with Crippen LogP contribution in [0.4, 0.5) is 35.2 Å². The lowest BCUT2D eigenvalue weighted by molar-refractivity contribution is 0.718. The molecule has 0 fully saturated rings. The molecule has 0 unspecified atom stereocenters. The van der Waals surface area contributed by atoms with Crippen molar-refractivity contribution in [3.63, 3.8) is 0 Å². The number of fused-ring (bicyclic) bond motifs is 2. The molecule has 312 valence electrons. The number of aromatic nitrogens is 12. The largest absolute Gasteiger partial charge is 0.382 e. The highest BCUT2D eigenvalue weighted by Crippen LogP contribution is 2.30. The molecule has 0 aliphatic carbocycles. The van der Waals surface area contributed by atoms with Crippen LogP contribution >= 0.6 is 55.1 Å². The minimum atomic E-state index is -0.618. The van der Waals surface area contributed by atoms with Gasteiger partial charge in [0.05, 0.1) is 65.3 Å². The number of hydrogen-bond donors (Lipinski definition) is 8. The fraction of sp³-hybridized carbons (Fsp3) is 0.111. The Morgan fingerprint density at radius 1 is 0.661 bits per heavy atom. The van der Waals surface area contributed by atoms with Crippen LogP contribution in [0, 0.1) is 22.7 Å². The minimum absolute atomic E-state index is 0.0292. The summed E-state index contributed by atoms with van der Waals surface area (Å²) < 4.78 is 3.79. The first-order valence-electron chi connectivity index (χ1n) is 17.6. The van der Waals surface area contributed by atoms with Crippen molar-refractivity contribution in [2.24, 2.45) is 0 Å². The normalized spacial score (nSPS) is 11.9. The van der Waals surface area contributed by atoms with Crippen LogP contribution in [-0.4, -0.2) is 59.4 Å². The number of anilines is 6. The van der Waals surface area contributed by atoms with Gasteiger partial charge >= 0.3 is 0 Å². The van der Waals surface area contributed by atoms with Gasteiger partial charge in [0, 0.05) is 0 Å². The Kier molecular flexibility index (Phi) is 11.9. The minimum Gasteiger partial charge on any atom is -0.382 e. The summed E-state index contributed by atoms with van der Waals surface area (Å²) in [5, 5.41) is 39.5. The summed E-state index contributed by atoms with van der Waals surface area (Å²) in [4.78, 5) is 51.9. The molecule has 0 aliphatic rings. The fourth-order valence-electron chi connectivity index (χ4n) is 6.23. The van der Waals surface area contributed by atoms with Crippen molar-refractivity contribution >= 4 is 112 Å². The molecule has 12 N–H and O–H groups in total. The van der Waals surface area contributed by atoms with Crippen molar-refractivity contribution in [1.82, 2.24) is 59.4 Å². The van der Waals surface area contributed by atoms with E-state index in [1.54, 1.807) is 50.2 Å². The molecule has 0 spiro atoms. The Balaban J connectivity index is 0.000000186. The van der Waals surface area contributed by atoms with Crippen molar-refractivity contribution in [2.45, 2.75) is 25.9 Å². The van der Waals surface area contributed by atoms with Crippen LogP contribution in [0.2, 0.25) is 10.0 Å². The number of nitrogens with zero attached hydrogens (tertiary/aromatic N) is 12. The predicted molar refractivity (Wildman–Crippen MR) is 240 cm³/mol. The number of nitrogens with two attached hydrogens (primary N) is 4. The van der Waals surface area contributed by atoms with E-state index in [1.165, 1.54) is 21.5 Å². The van der Waals surface area contributed by atoms with Gasteiger partial charge in [-0.3, -0.25) is 19.8 Å². The van der Waals surface area contributed by atoms with Gasteiger partial charge < -0.3 is 33.6 Å². The Morgan fingerprint density at radius 3 is 1.39 bits per heavy atom. The van der Waals surface area contributed by atoms with Gasteiger partial charge in [-0.15, -0.1) is 0 Å². The average Bonchev–Trinajstić information content (AvgIpc) is 3.84. The van der Waals surface area contributed by atoms with E-state index >= 15 is 0 Å². The van der Waals surface area contributed by atoms with Crippen LogP contribution < -0.4 is 44.7 Å². The maximum absolute atomic E-state index is 13.4. The van der Waals surface area contributed by atoms with E-state index in [1.807, 2.05) is 12.1 Å². The number of nitriles is 2. The highest BCUT2D eigenvalue weighted by Gasteiger charge is 2.25. The number of H-pyrrole nitrogens is 2. The zero-order valence-electron chi connectivity index (χ0n) is 31.8. The lowest BCUT2D eigenvalue weighted by Crippen LogP contribution is -2.28. The number of nitrogens with one attached hydrogen (secondary N) is 4. The molecule has 0 aliphatic heterocycles. The van der Waals surface area contributed by atoms with Gasteiger partial charge in [-0.25, -0.2) is 19.1 Å². The second-order valence-electron chi connectivity index (χ2n) is 13.0. The van der Waals surface area contributed by atoms with Gasteiger partial charge in [-0.2, -0.15) is 40.7 Å². The lowest BCUT2D eigenvalue weighted by atomic mass is 10.2. The van der Waals surface area contributed by atoms with Crippen LogP contribution in [0.3, 0.4) is 0 Å². The van der Waals surface area contributed by atoms with Gasteiger partial charge in [-0.1, -0.05) is 35.3 Å². The number of benzene rings is 2. The molecule has 26 heteroatoms. The summed E-state index contributed by atoms with van der Waals surface area (Å²) in [7, 11) is 0. The molecular weight excluding hydrogens is 975 g/mol. The van der Waals surface area contributed by atoms with E-state index in [2.05, 4.69) is 92.8 Å². The second-order valence-corrected chi connectivity index (χ2v) is 15.5. The zero-order chi connectivity index (χ0) is 44.6. The second kappa shape index (κ2) is 17.3. The average molecular weight is 1000 g/mol. The van der Waals surface area contributed by atoms with Crippen LogP contribution in [0.1, 0.15) is 48.7 Å². The van der Waals surface area contributed by atoms with Crippen molar-refractivity contribution in [3.8, 4) is 23.8 Å². The predicted octanol–water partition coefficient (Wildman–Crippen LogP) is 5.05. The molecule has 6 aromatic heterocycles. The molecule has 0 saturated heterocycles. The highest BCUT2D eigenvalue weighted by molar-refractivity contribution is 9.11. The lowest BCUT2D eigenvalue weighted by Gasteiger charge is -2.20. The summed E-state index contributed by atoms with van der Waals surface area (Å²) in [6.45, 7) is 3.49. The molecule has 2 atom stereocenters. The molecule has 22 nitrogen and oxygen atoms in total. The summed E-state index contributed by atoms with van der Waals surface area (Å²) in [5.41, 5.74) is 23.0. The third-order valence-electron chi connectivity index (χ3n) is 8.95. The van der Waals surface area contributed by atoms with Gasteiger partial charge in [-0.05, 0) is 70.0 Å². The summed E-state index contributed by atoms with van der Waals surface area (Å²) in [6, 6.07) is 12.7. The van der Waals surface area contributed by atoms with Gasteiger partial charge in [0.15, 0.2) is 23.3 Å². The maximum Gasteiger partial charge on any atom is 0.268 e. The Labute approximate surface area is 374 Å². The number of halogens is 4. The van der Waals surface area contributed by atoms with E-state index in [9.17, 15) is 20.1 Å². The highest BCUT2D eigenvalue weighted by atomic mass is 79.9. The van der Waals surface area contributed by atoms with E-state index in [4.69, 9.17) is 46.1 Å². The summed E-state index contributed by atoms with van der Waals surface area (Å²) >= 11 is 19.3. The molecule has 0 amide bonds. The molecule has 6 heterocycles. The third kappa shape index (κ3) is 7.97. The smallest absolute Gasteiger partial charge is 0.268 e. The molecule has 0 radical (unpaired) electrons. The first-order chi connectivity index (χ1) is 29.6. The molecule has 0 bridgehead atoms. The number of aromatic amines is 2. The summed E-state index contributed by atoms with van der Waals surface area (Å²) in [6.07, 6.45) is 3.03. The topological polar surface area (TPSA) is 354 Å². The van der Waals surface area contributed by atoms with Crippen molar-refractivity contribution in [2.75, 3.05) is 33.6 Å². The molecular formula is C36H28Br2Cl2N20O2. The van der Waals surface area contributed by atoms with Crippen molar-refractivity contribution < 1.29 is 0 Å². The van der Waals surface area contributed by atoms with Crippen LogP contribution in [-0.2, 0) is 0 Å². The molecule has 0 saturated carbocycles. The maximum atomic E-state index is 13.4. The van der Waals surface area contributed by atoms with E-state index < -0.39 is 23.2 Å². The monoisotopic (exact) mass is 1000 g/mol. The standard InChI is InChI=1S/2C18H14BrClN10O/c2*1-7(25-14-8(5-21)13(22)27-18(23)28-14)15-26-11-4-2-3-10(20)12(11)17(31)30(15)16-9(19)6-24-29-16/h2*2-4,6-7H,1H3,(H,24,29)(H5,22,23,25,27,28)/t2*7-/m00/s1. The summed E-state index contributed by atoms with van der Waals surface area (Å²) in [5.74, 6) is 1.28. The van der Waals surface area contributed by atoms with Crippen molar-refractivity contribution in [3.05, 3.63) is 111 Å². The van der Waals surface area contributed by atoms with E-state index in [0.29, 0.717) is 43.3 Å². The SMILES string of the molecule is C[C@H](Nc1nc(N)nc(N)c1C#N)c1nc2cccc(Cl)c2c(=O)n1-c1[nH]ncc1Br.C[C@H](Nc1nc(N)nc(N)c1C#N)c1nc2cccc(Cl)c2c(=O)n1-c1[nH]ncc1Br. The molecule has 62 heavy (non-hydrogen) atoms. The van der Waals surface area contributed by atoms with Gasteiger partial charge in [0.25, 0.3) is 11.1 Å². The van der Waals surface area contributed by atoms with Crippen LogP contribution in [0.25, 0.3) is 33.4 Å². The molecule has 2 aromatic carbocycles. The number of rotatable bonds is 8. The van der Waals surface area contributed by atoms with E-state index in [0.717, 1.165) is 0 Å². The Hall–Kier alpha value is -7.38. The van der Waals surface area contributed by atoms with Crippen LogP contribution in [0.5, 0.6) is 0 Å². The third-order valence-corrected chi connectivity index (χ3v) is 10.7. The fourth-order valence-corrected chi connectivity index (χ4v) is 7.47. The molecule has 8 rings (SSSR count). The first kappa shape index (κ1) is 42.7. The van der Waals surface area contributed by atoms with Crippen molar-refractivity contribution in [1.29, 1.82) is 10.5 Å². The van der Waals surface area contributed by atoms with Gasteiger partial charge in [0.1, 0.15) is 46.5 Å². The zero-order valence-corrected chi connectivity index (χ0v) is 36.5. The first-order valence-corrected chi connectivity index (χ1v) is 20.0. The quantitative estimate of drug-likeness (QED) is 0.0987. The van der Waals surface area contributed by atoms with E-state index in [-0.39, 0.29) is 67.1 Å². The number of hydrogen-bond acceptors (Lipinski definition) is 18.